The lowest BCUT2D eigenvalue weighted by Gasteiger charge is -2.10. The maximum atomic E-state index is 5.34. The Bertz CT molecular complexity index is 326. The quantitative estimate of drug-likeness (QED) is 0.576. The molecule has 1 saturated carbocycles. The van der Waals surface area contributed by atoms with Gasteiger partial charge in [0.1, 0.15) is 0 Å². The minimum Gasteiger partial charge on any atom is -0.379 e. The molecule has 17 heavy (non-hydrogen) atoms. The maximum absolute atomic E-state index is 5.34. The molecular formula is C10H19N5OS. The fourth-order valence-electron chi connectivity index (χ4n) is 2.04. The average molecular weight is 257 g/mol. The van der Waals surface area contributed by atoms with Crippen LogP contribution in [0.5, 0.6) is 0 Å². The van der Waals surface area contributed by atoms with Crippen molar-refractivity contribution in [3.63, 3.8) is 0 Å². The van der Waals surface area contributed by atoms with Crippen molar-refractivity contribution in [2.75, 3.05) is 25.5 Å². The fourth-order valence-corrected chi connectivity index (χ4v) is 2.83. The van der Waals surface area contributed by atoms with Crippen LogP contribution in [0, 0.1) is 0 Å². The lowest BCUT2D eigenvalue weighted by Crippen LogP contribution is -2.11. The summed E-state index contributed by atoms with van der Waals surface area (Å²) in [6.07, 6.45) is 4.97. The first-order chi connectivity index (χ1) is 8.42. The van der Waals surface area contributed by atoms with E-state index in [9.17, 15) is 0 Å². The Balaban J connectivity index is 1.78. The van der Waals surface area contributed by atoms with Crippen molar-refractivity contribution in [3.8, 4) is 0 Å². The molecule has 1 aliphatic rings. The second kappa shape index (κ2) is 6.93. The molecule has 1 aromatic rings. The molecule has 7 heteroatoms. The fraction of sp³-hybridized carbons (Fsp3) is 0.900. The van der Waals surface area contributed by atoms with Crippen LogP contribution in [0.15, 0.2) is 5.16 Å². The summed E-state index contributed by atoms with van der Waals surface area (Å²) in [5, 5.41) is 12.8. The van der Waals surface area contributed by atoms with E-state index >= 15 is 0 Å². The molecule has 1 aliphatic carbocycles. The topological polar surface area (TPSA) is 78.8 Å². The van der Waals surface area contributed by atoms with Crippen molar-refractivity contribution < 1.29 is 4.74 Å². The molecule has 0 saturated heterocycles. The second-order valence-corrected chi connectivity index (χ2v) is 5.16. The Morgan fingerprint density at radius 3 is 2.94 bits per heavy atom. The number of thioether (sulfide) groups is 1. The van der Waals surface area contributed by atoms with Crippen LogP contribution in [0.1, 0.15) is 31.7 Å². The Labute approximate surface area is 105 Å². The van der Waals surface area contributed by atoms with Crippen molar-refractivity contribution >= 4 is 11.8 Å². The molecule has 0 aliphatic heterocycles. The van der Waals surface area contributed by atoms with Crippen LogP contribution >= 0.6 is 11.8 Å². The second-order valence-electron chi connectivity index (χ2n) is 4.09. The van der Waals surface area contributed by atoms with Gasteiger partial charge in [0.05, 0.1) is 19.3 Å². The number of hydrogen-bond donors (Lipinski definition) is 1. The van der Waals surface area contributed by atoms with E-state index in [1.54, 1.807) is 11.8 Å². The molecule has 0 spiro atoms. The maximum Gasteiger partial charge on any atom is 0.209 e. The van der Waals surface area contributed by atoms with Gasteiger partial charge in [-0.25, -0.2) is 4.68 Å². The lowest BCUT2D eigenvalue weighted by molar-refractivity contribution is 0.158. The zero-order valence-corrected chi connectivity index (χ0v) is 10.7. The Kier molecular flexibility index (Phi) is 5.21. The van der Waals surface area contributed by atoms with Crippen LogP contribution in [0.4, 0.5) is 0 Å². The summed E-state index contributed by atoms with van der Waals surface area (Å²) < 4.78 is 7.30. The predicted octanol–water partition coefficient (Wildman–Crippen LogP) is 0.856. The third-order valence-corrected chi connectivity index (χ3v) is 3.75. The standard InChI is InChI=1S/C10H19N5OS/c11-5-6-16-7-8-17-10-12-13-14-15(10)9-3-1-2-4-9/h9H,1-8,11H2. The first-order valence-corrected chi connectivity index (χ1v) is 7.09. The summed E-state index contributed by atoms with van der Waals surface area (Å²) >= 11 is 1.65. The number of rotatable bonds is 7. The van der Waals surface area contributed by atoms with Crippen LogP contribution in [0.2, 0.25) is 0 Å². The van der Waals surface area contributed by atoms with Crippen molar-refractivity contribution in [3.05, 3.63) is 0 Å². The molecule has 0 radical (unpaired) electrons. The van der Waals surface area contributed by atoms with Crippen LogP contribution < -0.4 is 5.73 Å². The number of tetrazole rings is 1. The molecule has 0 bridgehead atoms. The van der Waals surface area contributed by atoms with Gasteiger partial charge in [0, 0.05) is 12.3 Å². The third kappa shape index (κ3) is 3.65. The number of aromatic nitrogens is 4. The highest BCUT2D eigenvalue weighted by molar-refractivity contribution is 7.99. The molecule has 1 aromatic heterocycles. The van der Waals surface area contributed by atoms with E-state index < -0.39 is 0 Å². The summed E-state index contributed by atoms with van der Waals surface area (Å²) in [6, 6.07) is 0.498. The lowest BCUT2D eigenvalue weighted by atomic mass is 10.3. The van der Waals surface area contributed by atoms with Gasteiger partial charge < -0.3 is 10.5 Å². The monoisotopic (exact) mass is 257 g/mol. The van der Waals surface area contributed by atoms with Crippen molar-refractivity contribution in [1.82, 2.24) is 20.2 Å². The first kappa shape index (κ1) is 12.8. The van der Waals surface area contributed by atoms with Gasteiger partial charge in [-0.1, -0.05) is 24.6 Å². The molecule has 6 nitrogen and oxygen atoms in total. The van der Waals surface area contributed by atoms with Gasteiger partial charge in [-0.05, 0) is 23.3 Å². The van der Waals surface area contributed by atoms with Gasteiger partial charge in [0.15, 0.2) is 0 Å². The number of ether oxygens (including phenoxy) is 1. The number of nitrogens with zero attached hydrogens (tertiary/aromatic N) is 4. The minimum absolute atomic E-state index is 0.498. The highest BCUT2D eigenvalue weighted by Crippen LogP contribution is 2.31. The predicted molar refractivity (Wildman–Crippen MR) is 65.9 cm³/mol. The van der Waals surface area contributed by atoms with E-state index in [0.29, 0.717) is 25.8 Å². The molecule has 1 heterocycles. The Hall–Kier alpha value is -0.660. The average Bonchev–Trinajstić information content (AvgIpc) is 2.98. The molecule has 2 rings (SSSR count). The van der Waals surface area contributed by atoms with E-state index in [0.717, 1.165) is 10.9 Å². The molecule has 0 amide bonds. The van der Waals surface area contributed by atoms with Crippen molar-refractivity contribution in [1.29, 1.82) is 0 Å². The normalized spacial score (nSPS) is 16.8. The van der Waals surface area contributed by atoms with E-state index in [1.807, 2.05) is 4.68 Å². The zero-order valence-electron chi connectivity index (χ0n) is 9.92. The van der Waals surface area contributed by atoms with E-state index in [1.165, 1.54) is 25.7 Å². The molecule has 1 fully saturated rings. The highest BCUT2D eigenvalue weighted by Gasteiger charge is 2.21. The van der Waals surface area contributed by atoms with Crippen LogP contribution in [0.25, 0.3) is 0 Å². The van der Waals surface area contributed by atoms with E-state index in [2.05, 4.69) is 15.5 Å². The number of nitrogens with two attached hydrogens (primary N) is 1. The smallest absolute Gasteiger partial charge is 0.209 e. The van der Waals surface area contributed by atoms with Crippen molar-refractivity contribution in [2.45, 2.75) is 36.9 Å². The van der Waals surface area contributed by atoms with Gasteiger partial charge >= 0.3 is 0 Å². The van der Waals surface area contributed by atoms with E-state index in [4.69, 9.17) is 10.5 Å². The van der Waals surface area contributed by atoms with Gasteiger partial charge in [-0.3, -0.25) is 0 Å². The SMILES string of the molecule is NCCOCCSc1nnnn1C1CCCC1. The van der Waals surface area contributed by atoms with E-state index in [-0.39, 0.29) is 0 Å². The number of hydrogen-bond acceptors (Lipinski definition) is 6. The van der Waals surface area contributed by atoms with Gasteiger partial charge in [-0.2, -0.15) is 0 Å². The molecule has 96 valence electrons. The minimum atomic E-state index is 0.498. The summed E-state index contributed by atoms with van der Waals surface area (Å²) in [7, 11) is 0. The van der Waals surface area contributed by atoms with Gasteiger partial charge in [0.25, 0.3) is 0 Å². The molecule has 0 atom stereocenters. The van der Waals surface area contributed by atoms with Crippen LogP contribution in [0.3, 0.4) is 0 Å². The molecular weight excluding hydrogens is 238 g/mol. The summed E-state index contributed by atoms with van der Waals surface area (Å²) in [4.78, 5) is 0. The van der Waals surface area contributed by atoms with Gasteiger partial charge in [0.2, 0.25) is 5.16 Å². The van der Waals surface area contributed by atoms with Gasteiger partial charge in [-0.15, -0.1) is 5.10 Å². The largest absolute Gasteiger partial charge is 0.379 e. The third-order valence-electron chi connectivity index (χ3n) is 2.85. The molecule has 2 N–H and O–H groups in total. The highest BCUT2D eigenvalue weighted by atomic mass is 32.2. The first-order valence-electron chi connectivity index (χ1n) is 6.10. The summed E-state index contributed by atoms with van der Waals surface area (Å²) in [5.41, 5.74) is 5.34. The molecule has 0 unspecified atom stereocenters. The van der Waals surface area contributed by atoms with Crippen LogP contribution in [-0.4, -0.2) is 45.7 Å². The van der Waals surface area contributed by atoms with Crippen molar-refractivity contribution in [2.24, 2.45) is 5.73 Å². The Morgan fingerprint density at radius 2 is 2.18 bits per heavy atom. The zero-order chi connectivity index (χ0) is 11.9. The Morgan fingerprint density at radius 1 is 1.35 bits per heavy atom. The summed E-state index contributed by atoms with van der Waals surface area (Å²) in [6.45, 7) is 1.89. The van der Waals surface area contributed by atoms with Crippen LogP contribution in [-0.2, 0) is 4.74 Å². The molecule has 0 aromatic carbocycles. The summed E-state index contributed by atoms with van der Waals surface area (Å²) in [5.74, 6) is 0.868.